The highest BCUT2D eigenvalue weighted by Crippen LogP contribution is 2.51. The van der Waals surface area contributed by atoms with Crippen LogP contribution in [0.15, 0.2) is 39.7 Å². The van der Waals surface area contributed by atoms with Crippen LogP contribution < -0.4 is 17.1 Å². The summed E-state index contributed by atoms with van der Waals surface area (Å²) < 4.78 is 4.32. The molecule has 4 rings (SSSR count). The van der Waals surface area contributed by atoms with Crippen LogP contribution in [-0.2, 0) is 19.6 Å². The van der Waals surface area contributed by atoms with Gasteiger partial charge in [0.05, 0.1) is 0 Å². The normalized spacial score (nSPS) is 36.5. The number of nitrogens with zero attached hydrogens (tertiary/aromatic N) is 3. The molecule has 6 nitrogen and oxygen atoms in total. The van der Waals surface area contributed by atoms with Crippen molar-refractivity contribution in [2.24, 2.45) is 50.2 Å². The summed E-state index contributed by atoms with van der Waals surface area (Å²) in [7, 11) is 0. The molecule has 0 amide bonds. The van der Waals surface area contributed by atoms with Gasteiger partial charge in [0.2, 0.25) is 0 Å². The third kappa shape index (κ3) is 7.64. The largest absolute Gasteiger partial charge is 0.336 e. The minimum atomic E-state index is -0.446. The van der Waals surface area contributed by atoms with Gasteiger partial charge in [-0.05, 0) is 108 Å². The van der Waals surface area contributed by atoms with Crippen molar-refractivity contribution in [3.05, 3.63) is 56.8 Å². The maximum atomic E-state index is 14.4. The van der Waals surface area contributed by atoms with Gasteiger partial charge in [-0.15, -0.1) is 13.2 Å². The molecule has 0 spiro atoms. The Labute approximate surface area is 267 Å². The lowest BCUT2D eigenvalue weighted by atomic mass is 9.60. The van der Waals surface area contributed by atoms with Crippen molar-refractivity contribution in [1.29, 1.82) is 0 Å². The van der Waals surface area contributed by atoms with E-state index >= 15 is 0 Å². The molecule has 6 heteroatoms. The zero-order valence-electron chi connectivity index (χ0n) is 29.9. The predicted octanol–water partition coefficient (Wildman–Crippen LogP) is 8.06. The number of aromatic nitrogens is 3. The van der Waals surface area contributed by atoms with Gasteiger partial charge in [0, 0.05) is 19.6 Å². The van der Waals surface area contributed by atoms with Crippen LogP contribution in [0.5, 0.6) is 0 Å². The summed E-state index contributed by atoms with van der Waals surface area (Å²) in [4.78, 5) is 43.2. The molecule has 0 aromatic carbocycles. The first-order valence-electron chi connectivity index (χ1n) is 17.2. The van der Waals surface area contributed by atoms with E-state index < -0.39 is 17.1 Å². The molecule has 1 heterocycles. The van der Waals surface area contributed by atoms with Crippen molar-refractivity contribution in [2.75, 3.05) is 0 Å². The summed E-state index contributed by atoms with van der Waals surface area (Å²) in [5.74, 6) is 1.17. The van der Waals surface area contributed by atoms with Gasteiger partial charge < -0.3 is 0 Å². The molecule has 3 saturated carbocycles. The summed E-state index contributed by atoms with van der Waals surface area (Å²) >= 11 is 0. The molecule has 0 saturated heterocycles. The lowest BCUT2D eigenvalue weighted by molar-refractivity contribution is 0.0370. The molecule has 44 heavy (non-hydrogen) atoms. The van der Waals surface area contributed by atoms with Crippen LogP contribution in [0, 0.1) is 50.2 Å². The van der Waals surface area contributed by atoms with Crippen LogP contribution in [0.25, 0.3) is 0 Å². The van der Waals surface area contributed by atoms with Gasteiger partial charge >= 0.3 is 17.1 Å². The van der Waals surface area contributed by atoms with Crippen LogP contribution >= 0.6 is 0 Å². The Bertz CT molecular complexity index is 1360. The van der Waals surface area contributed by atoms with Crippen molar-refractivity contribution in [3.63, 3.8) is 0 Å². The van der Waals surface area contributed by atoms with Gasteiger partial charge in [0.25, 0.3) is 0 Å². The van der Waals surface area contributed by atoms with Gasteiger partial charge in [-0.1, -0.05) is 81.4 Å². The standard InChI is InChI=1S/C38H63N3O3/c1-13-28-17-34(6,7)22-37(11,19-28)25-40-30(42)39(24-36(10)16-27(3)15-33(4,5)21-36)31(43)41(32(40)44)26-38(12)20-29(14-2)18-35(8,9)23-38/h13-14,27-29H,1-2,15-26H2,3-12H3. The molecule has 6 unspecified atom stereocenters. The zero-order chi connectivity index (χ0) is 33.1. The van der Waals surface area contributed by atoms with E-state index in [-0.39, 0.29) is 32.5 Å². The minimum Gasteiger partial charge on any atom is -0.247 e. The first-order valence-corrected chi connectivity index (χ1v) is 17.2. The van der Waals surface area contributed by atoms with E-state index in [1.807, 2.05) is 12.2 Å². The monoisotopic (exact) mass is 609 g/mol. The van der Waals surface area contributed by atoms with E-state index in [2.05, 4.69) is 82.4 Å². The second-order valence-corrected chi connectivity index (χ2v) is 19.4. The summed E-state index contributed by atoms with van der Waals surface area (Å²) in [6.45, 7) is 31.8. The van der Waals surface area contributed by atoms with Gasteiger partial charge in [0.15, 0.2) is 0 Å². The molecule has 0 bridgehead atoms. The smallest absolute Gasteiger partial charge is 0.247 e. The highest BCUT2D eigenvalue weighted by Gasteiger charge is 2.45. The summed E-state index contributed by atoms with van der Waals surface area (Å²) in [6, 6.07) is 0. The van der Waals surface area contributed by atoms with Gasteiger partial charge in [-0.2, -0.15) is 0 Å². The summed E-state index contributed by atoms with van der Waals surface area (Å²) in [6.07, 6.45) is 12.8. The molecular formula is C38H63N3O3. The molecule has 3 aliphatic carbocycles. The molecule has 248 valence electrons. The average Bonchev–Trinajstić information content (AvgIpc) is 2.83. The second-order valence-electron chi connectivity index (χ2n) is 19.4. The van der Waals surface area contributed by atoms with E-state index in [1.165, 1.54) is 13.7 Å². The maximum absolute atomic E-state index is 14.4. The topological polar surface area (TPSA) is 66.0 Å². The number of allylic oxidation sites excluding steroid dienone is 2. The number of hydrogen-bond acceptors (Lipinski definition) is 3. The van der Waals surface area contributed by atoms with Crippen LogP contribution in [0.1, 0.15) is 127 Å². The molecule has 1 aromatic rings. The molecular weight excluding hydrogens is 546 g/mol. The van der Waals surface area contributed by atoms with E-state index in [0.717, 1.165) is 57.8 Å². The second kappa shape index (κ2) is 11.6. The van der Waals surface area contributed by atoms with Crippen molar-refractivity contribution in [2.45, 2.75) is 147 Å². The molecule has 0 radical (unpaired) electrons. The molecule has 0 N–H and O–H groups in total. The van der Waals surface area contributed by atoms with E-state index in [0.29, 0.717) is 37.4 Å². The van der Waals surface area contributed by atoms with Crippen molar-refractivity contribution in [1.82, 2.24) is 13.7 Å². The molecule has 3 fully saturated rings. The van der Waals surface area contributed by atoms with E-state index in [9.17, 15) is 14.4 Å². The first-order chi connectivity index (χ1) is 20.0. The summed E-state index contributed by atoms with van der Waals surface area (Å²) in [5, 5.41) is 0. The number of hydrogen-bond donors (Lipinski definition) is 0. The summed E-state index contributed by atoms with van der Waals surface area (Å²) in [5.41, 5.74) is -1.79. The molecule has 3 aliphatic rings. The van der Waals surface area contributed by atoms with Crippen LogP contribution in [-0.4, -0.2) is 13.7 Å². The Hall–Kier alpha value is -2.11. The zero-order valence-corrected chi connectivity index (χ0v) is 29.9. The van der Waals surface area contributed by atoms with Crippen LogP contribution in [0.2, 0.25) is 0 Å². The Morgan fingerprint density at radius 1 is 0.545 bits per heavy atom. The fraction of sp³-hybridized carbons (Fsp3) is 0.816. The average molecular weight is 610 g/mol. The quantitative estimate of drug-likeness (QED) is 0.280. The first kappa shape index (κ1) is 34.8. The van der Waals surface area contributed by atoms with Crippen LogP contribution in [0.3, 0.4) is 0 Å². The Balaban J connectivity index is 1.86. The fourth-order valence-electron chi connectivity index (χ4n) is 11.5. The third-order valence-corrected chi connectivity index (χ3v) is 11.3. The lowest BCUT2D eigenvalue weighted by Crippen LogP contribution is -2.59. The van der Waals surface area contributed by atoms with Crippen LogP contribution in [0.4, 0.5) is 0 Å². The van der Waals surface area contributed by atoms with Gasteiger partial charge in [-0.3, -0.25) is 0 Å². The van der Waals surface area contributed by atoms with E-state index in [1.54, 1.807) is 0 Å². The van der Waals surface area contributed by atoms with Crippen molar-refractivity contribution >= 4 is 0 Å². The fourth-order valence-corrected chi connectivity index (χ4v) is 11.5. The highest BCUT2D eigenvalue weighted by molar-refractivity contribution is 5.00. The molecule has 1 aromatic heterocycles. The molecule has 0 aliphatic heterocycles. The maximum Gasteiger partial charge on any atom is 0.336 e. The van der Waals surface area contributed by atoms with Crippen molar-refractivity contribution in [3.8, 4) is 0 Å². The van der Waals surface area contributed by atoms with E-state index in [4.69, 9.17) is 0 Å². The minimum absolute atomic E-state index is 0.0705. The van der Waals surface area contributed by atoms with Gasteiger partial charge in [-0.25, -0.2) is 28.1 Å². The Kier molecular flexibility index (Phi) is 9.16. The molecule has 6 atom stereocenters. The number of rotatable bonds is 8. The van der Waals surface area contributed by atoms with Crippen molar-refractivity contribution < 1.29 is 0 Å². The highest BCUT2D eigenvalue weighted by atomic mass is 16.2. The SMILES string of the molecule is C=CC1CC(C)(C)CC(C)(Cn2c(=O)n(CC3(C)CC(C)CC(C)(C)C3)c(=O)n(CC3(C)CC(C=C)CC(C)(C)C3)c2=O)C1. The Morgan fingerprint density at radius 3 is 1.14 bits per heavy atom. The Morgan fingerprint density at radius 2 is 0.841 bits per heavy atom. The predicted molar refractivity (Wildman–Crippen MR) is 183 cm³/mol. The third-order valence-electron chi connectivity index (χ3n) is 11.3. The van der Waals surface area contributed by atoms with Gasteiger partial charge in [0.1, 0.15) is 0 Å². The lowest BCUT2D eigenvalue weighted by Gasteiger charge is -2.47.